The lowest BCUT2D eigenvalue weighted by Crippen LogP contribution is -2.27. The van der Waals surface area contributed by atoms with Crippen molar-refractivity contribution in [1.29, 1.82) is 0 Å². The van der Waals surface area contributed by atoms with Crippen molar-refractivity contribution in [1.82, 2.24) is 0 Å². The Morgan fingerprint density at radius 1 is 0.700 bits per heavy atom. The fourth-order valence-corrected chi connectivity index (χ4v) is 6.49. The van der Waals surface area contributed by atoms with Gasteiger partial charge in [-0.05, 0) is 66.6 Å². The van der Waals surface area contributed by atoms with Gasteiger partial charge in [-0.15, -0.1) is 0 Å². The smallest absolute Gasteiger partial charge is 0.0360 e. The minimum Gasteiger partial charge on any atom is -0.0654 e. The van der Waals surface area contributed by atoms with Gasteiger partial charge in [-0.1, -0.05) is 126 Å². The van der Waals surface area contributed by atoms with Gasteiger partial charge in [-0.3, -0.25) is 0 Å². The Hall–Kier alpha value is 0. The third-order valence-electron chi connectivity index (χ3n) is 8.63. The highest BCUT2D eigenvalue weighted by molar-refractivity contribution is 4.81. The summed E-state index contributed by atoms with van der Waals surface area (Å²) >= 11 is 0. The SMILES string of the molecule is CCCC1C(C)CCC(CCC(C)CC)C(CCCC(C)C)CCCC1CC(C)C. The first-order valence-corrected chi connectivity index (χ1v) is 14.3. The molecular formula is C30H60. The van der Waals surface area contributed by atoms with Gasteiger partial charge < -0.3 is 0 Å². The monoisotopic (exact) mass is 420 g/mol. The summed E-state index contributed by atoms with van der Waals surface area (Å²) < 4.78 is 0. The lowest BCUT2D eigenvalue weighted by molar-refractivity contribution is 0.134. The molecule has 0 heteroatoms. The molecule has 6 atom stereocenters. The zero-order valence-corrected chi connectivity index (χ0v) is 22.5. The normalized spacial score (nSPS) is 30.0. The van der Waals surface area contributed by atoms with Crippen LogP contribution in [0.1, 0.15) is 145 Å². The second-order valence-corrected chi connectivity index (χ2v) is 12.3. The van der Waals surface area contributed by atoms with Crippen LogP contribution in [-0.4, -0.2) is 0 Å². The van der Waals surface area contributed by atoms with Crippen molar-refractivity contribution in [3.63, 3.8) is 0 Å². The summed E-state index contributed by atoms with van der Waals surface area (Å²) in [6.45, 7) is 19.6. The largest absolute Gasteiger partial charge is 0.0654 e. The first-order valence-electron chi connectivity index (χ1n) is 14.3. The highest BCUT2D eigenvalue weighted by Crippen LogP contribution is 2.42. The minimum absolute atomic E-state index is 0.856. The molecule has 30 heavy (non-hydrogen) atoms. The summed E-state index contributed by atoms with van der Waals surface area (Å²) in [5.74, 6) is 7.52. The van der Waals surface area contributed by atoms with E-state index in [1.807, 2.05) is 0 Å². The van der Waals surface area contributed by atoms with Crippen LogP contribution < -0.4 is 0 Å². The second-order valence-electron chi connectivity index (χ2n) is 12.3. The maximum Gasteiger partial charge on any atom is -0.0360 e. The van der Waals surface area contributed by atoms with E-state index in [-0.39, 0.29) is 0 Å². The molecule has 0 amide bonds. The van der Waals surface area contributed by atoms with E-state index in [9.17, 15) is 0 Å². The molecule has 180 valence electrons. The van der Waals surface area contributed by atoms with Crippen LogP contribution in [0.4, 0.5) is 0 Å². The molecule has 0 radical (unpaired) electrons. The predicted octanol–water partition coefficient (Wildman–Crippen LogP) is 10.6. The zero-order chi connectivity index (χ0) is 22.5. The second kappa shape index (κ2) is 15.7. The minimum atomic E-state index is 0.856. The van der Waals surface area contributed by atoms with Crippen LogP contribution in [-0.2, 0) is 0 Å². The van der Waals surface area contributed by atoms with E-state index in [4.69, 9.17) is 0 Å². The van der Waals surface area contributed by atoms with Crippen LogP contribution in [0, 0.1) is 47.3 Å². The summed E-state index contributed by atoms with van der Waals surface area (Å²) in [7, 11) is 0. The quantitative estimate of drug-likeness (QED) is 0.294. The van der Waals surface area contributed by atoms with E-state index in [2.05, 4.69) is 55.4 Å². The van der Waals surface area contributed by atoms with Gasteiger partial charge in [0.1, 0.15) is 0 Å². The van der Waals surface area contributed by atoms with E-state index in [0.717, 1.165) is 47.3 Å². The molecular weight excluding hydrogens is 360 g/mol. The molecule has 6 unspecified atom stereocenters. The Morgan fingerprint density at radius 3 is 1.97 bits per heavy atom. The average Bonchev–Trinajstić information content (AvgIpc) is 2.69. The molecule has 0 aromatic heterocycles. The molecule has 1 fully saturated rings. The molecule has 0 saturated heterocycles. The summed E-state index contributed by atoms with van der Waals surface area (Å²) in [5.41, 5.74) is 0. The van der Waals surface area contributed by atoms with Crippen molar-refractivity contribution in [2.45, 2.75) is 145 Å². The Labute approximate surface area is 192 Å². The first-order chi connectivity index (χ1) is 14.3. The number of hydrogen-bond donors (Lipinski definition) is 0. The number of hydrogen-bond acceptors (Lipinski definition) is 0. The Balaban J connectivity index is 2.90. The van der Waals surface area contributed by atoms with E-state index >= 15 is 0 Å². The fraction of sp³-hybridized carbons (Fsp3) is 1.00. The fourth-order valence-electron chi connectivity index (χ4n) is 6.49. The van der Waals surface area contributed by atoms with Crippen LogP contribution in [0.5, 0.6) is 0 Å². The summed E-state index contributed by atoms with van der Waals surface area (Å²) in [6, 6.07) is 0. The van der Waals surface area contributed by atoms with E-state index in [0.29, 0.717) is 0 Å². The molecule has 0 N–H and O–H groups in total. The maximum atomic E-state index is 2.62. The van der Waals surface area contributed by atoms with Gasteiger partial charge in [-0.25, -0.2) is 0 Å². The van der Waals surface area contributed by atoms with Crippen molar-refractivity contribution in [2.24, 2.45) is 47.3 Å². The van der Waals surface area contributed by atoms with Crippen LogP contribution in [0.15, 0.2) is 0 Å². The Morgan fingerprint density at radius 2 is 1.37 bits per heavy atom. The van der Waals surface area contributed by atoms with Gasteiger partial charge in [-0.2, -0.15) is 0 Å². The van der Waals surface area contributed by atoms with Crippen LogP contribution in [0.2, 0.25) is 0 Å². The summed E-state index contributed by atoms with van der Waals surface area (Å²) in [6.07, 6.45) is 20.5. The van der Waals surface area contributed by atoms with Gasteiger partial charge in [0.15, 0.2) is 0 Å². The maximum absolute atomic E-state index is 2.62. The Bertz CT molecular complexity index is 395. The molecule has 1 aliphatic carbocycles. The van der Waals surface area contributed by atoms with Crippen molar-refractivity contribution in [2.75, 3.05) is 0 Å². The van der Waals surface area contributed by atoms with Crippen molar-refractivity contribution < 1.29 is 0 Å². The van der Waals surface area contributed by atoms with Gasteiger partial charge in [0.2, 0.25) is 0 Å². The third kappa shape index (κ3) is 11.0. The van der Waals surface area contributed by atoms with Gasteiger partial charge >= 0.3 is 0 Å². The first kappa shape index (κ1) is 28.0. The molecule has 0 aromatic carbocycles. The molecule has 1 aliphatic rings. The molecule has 0 bridgehead atoms. The van der Waals surface area contributed by atoms with Gasteiger partial charge in [0, 0.05) is 0 Å². The van der Waals surface area contributed by atoms with Crippen LogP contribution in [0.3, 0.4) is 0 Å². The third-order valence-corrected chi connectivity index (χ3v) is 8.63. The standard InChI is InChI=1S/C30H60/c1-9-13-30-26(8)19-21-28(20-18-25(7)10-2)27(15-11-14-23(3)4)16-12-17-29(30)22-24(5)6/h23-30H,9-22H2,1-8H3. The topological polar surface area (TPSA) is 0 Å². The van der Waals surface area contributed by atoms with E-state index < -0.39 is 0 Å². The van der Waals surface area contributed by atoms with Crippen LogP contribution in [0.25, 0.3) is 0 Å². The lowest BCUT2D eigenvalue weighted by atomic mass is 9.68. The highest BCUT2D eigenvalue weighted by atomic mass is 14.4. The van der Waals surface area contributed by atoms with Crippen molar-refractivity contribution >= 4 is 0 Å². The van der Waals surface area contributed by atoms with Crippen molar-refractivity contribution in [3.8, 4) is 0 Å². The van der Waals surface area contributed by atoms with Gasteiger partial charge in [0.25, 0.3) is 0 Å². The highest BCUT2D eigenvalue weighted by Gasteiger charge is 2.30. The number of rotatable bonds is 12. The van der Waals surface area contributed by atoms with Crippen LogP contribution >= 0.6 is 0 Å². The molecule has 0 spiro atoms. The molecule has 1 saturated carbocycles. The van der Waals surface area contributed by atoms with Crippen molar-refractivity contribution in [3.05, 3.63) is 0 Å². The Kier molecular flexibility index (Phi) is 14.7. The molecule has 0 aliphatic heterocycles. The average molecular weight is 421 g/mol. The molecule has 0 aromatic rings. The van der Waals surface area contributed by atoms with E-state index in [1.54, 1.807) is 0 Å². The zero-order valence-electron chi connectivity index (χ0n) is 22.5. The predicted molar refractivity (Wildman–Crippen MR) is 138 cm³/mol. The summed E-state index contributed by atoms with van der Waals surface area (Å²) in [5, 5.41) is 0. The van der Waals surface area contributed by atoms with Gasteiger partial charge in [0.05, 0.1) is 0 Å². The molecule has 0 nitrogen and oxygen atoms in total. The summed E-state index contributed by atoms with van der Waals surface area (Å²) in [4.78, 5) is 0. The van der Waals surface area contributed by atoms with E-state index in [1.165, 1.54) is 89.9 Å². The lowest BCUT2D eigenvalue weighted by Gasteiger charge is -2.37. The molecule has 1 rings (SSSR count). The molecule has 0 heterocycles.